The van der Waals surface area contributed by atoms with Gasteiger partial charge in [-0.05, 0) is 36.4 Å². The minimum absolute atomic E-state index is 0.299. The first kappa shape index (κ1) is 18.1. The van der Waals surface area contributed by atoms with E-state index in [9.17, 15) is 4.79 Å². The van der Waals surface area contributed by atoms with E-state index >= 15 is 0 Å². The number of amidine groups is 1. The third kappa shape index (κ3) is 3.32. The second kappa shape index (κ2) is 7.36. The Balaban J connectivity index is 1.52. The van der Waals surface area contributed by atoms with Crippen LogP contribution >= 0.6 is 11.6 Å². The van der Waals surface area contributed by atoms with Crippen LogP contribution in [-0.2, 0) is 0 Å². The van der Waals surface area contributed by atoms with E-state index in [2.05, 4.69) is 20.3 Å². The maximum Gasteiger partial charge on any atom is 0.256 e. The van der Waals surface area contributed by atoms with Crippen molar-refractivity contribution in [1.29, 1.82) is 0 Å². The van der Waals surface area contributed by atoms with Crippen molar-refractivity contribution < 1.29 is 14.3 Å². The number of halogens is 1. The van der Waals surface area contributed by atoms with Crippen LogP contribution in [0, 0.1) is 0 Å². The Morgan fingerprint density at radius 2 is 2.00 bits per heavy atom. The number of nitrogens with one attached hydrogen (secondary N) is 2. The zero-order valence-electron chi connectivity index (χ0n) is 15.2. The van der Waals surface area contributed by atoms with Gasteiger partial charge in [0.25, 0.3) is 5.91 Å². The molecule has 1 aliphatic heterocycles. The molecule has 0 radical (unpaired) electrons. The molecule has 1 aromatic heterocycles. The van der Waals surface area contributed by atoms with Crippen molar-refractivity contribution in [3.05, 3.63) is 58.9 Å². The topological polar surface area (TPSA) is 88.6 Å². The fourth-order valence-electron chi connectivity index (χ4n) is 2.96. The molecule has 0 fully saturated rings. The number of amides is 1. The molecule has 0 unspecified atom stereocenters. The van der Waals surface area contributed by atoms with E-state index in [-0.39, 0.29) is 5.91 Å². The van der Waals surface area contributed by atoms with Crippen molar-refractivity contribution in [2.45, 2.75) is 0 Å². The molecule has 0 aliphatic carbocycles. The molecule has 1 aliphatic rings. The summed E-state index contributed by atoms with van der Waals surface area (Å²) in [6.45, 7) is 0.418. The van der Waals surface area contributed by atoms with Crippen molar-refractivity contribution in [2.75, 3.05) is 20.8 Å². The van der Waals surface area contributed by atoms with E-state index in [1.54, 1.807) is 31.4 Å². The van der Waals surface area contributed by atoms with Crippen LogP contribution in [0.15, 0.2) is 47.5 Å². The van der Waals surface area contributed by atoms with Gasteiger partial charge in [-0.3, -0.25) is 9.79 Å². The first-order valence-electron chi connectivity index (χ1n) is 8.52. The molecule has 3 aromatic rings. The molecule has 142 valence electrons. The van der Waals surface area contributed by atoms with Crippen LogP contribution in [-0.4, -0.2) is 42.5 Å². The van der Waals surface area contributed by atoms with Gasteiger partial charge in [0.2, 0.25) is 0 Å². The summed E-state index contributed by atoms with van der Waals surface area (Å²) in [5.41, 5.74) is 2.93. The van der Waals surface area contributed by atoms with E-state index in [4.69, 9.17) is 21.1 Å². The van der Waals surface area contributed by atoms with E-state index < -0.39 is 0 Å². The largest absolute Gasteiger partial charge is 0.495 e. The highest BCUT2D eigenvalue weighted by molar-refractivity contribution is 6.32. The third-order valence-electron chi connectivity index (χ3n) is 4.39. The van der Waals surface area contributed by atoms with Crippen molar-refractivity contribution in [3.63, 3.8) is 0 Å². The predicted octanol–water partition coefficient (Wildman–Crippen LogP) is 3.46. The standard InChI is InChI=1S/C20H17ClN4O3/c1-27-15-7-6-11(8-13(15)21)20(26)24-17-9-12(10-22-17)19-23-14-4-3-5-16(28-2)18(14)25-19/h3-9H,10H2,1-2H3,(H,23,25)(H,22,24,26). The van der Waals surface area contributed by atoms with Gasteiger partial charge >= 0.3 is 0 Å². The normalized spacial score (nSPS) is 13.2. The summed E-state index contributed by atoms with van der Waals surface area (Å²) in [6, 6.07) is 10.5. The quantitative estimate of drug-likeness (QED) is 0.706. The molecule has 28 heavy (non-hydrogen) atoms. The molecule has 0 atom stereocenters. The molecule has 1 amide bonds. The fraction of sp³-hybridized carbons (Fsp3) is 0.150. The Hall–Kier alpha value is -3.32. The number of ether oxygens (including phenoxy) is 2. The number of carbonyl (C=O) groups excluding carboxylic acids is 1. The monoisotopic (exact) mass is 396 g/mol. The summed E-state index contributed by atoms with van der Waals surface area (Å²) in [6.07, 6.45) is 1.80. The number of para-hydroxylation sites is 1. The highest BCUT2D eigenvalue weighted by Gasteiger charge is 2.18. The van der Waals surface area contributed by atoms with Gasteiger partial charge in [-0.25, -0.2) is 4.98 Å². The van der Waals surface area contributed by atoms with Crippen LogP contribution in [0.4, 0.5) is 0 Å². The summed E-state index contributed by atoms with van der Waals surface area (Å²) in [7, 11) is 3.13. The summed E-state index contributed by atoms with van der Waals surface area (Å²) < 4.78 is 10.4. The lowest BCUT2D eigenvalue weighted by Crippen LogP contribution is -2.28. The number of hydrogen-bond donors (Lipinski definition) is 2. The zero-order valence-corrected chi connectivity index (χ0v) is 16.0. The van der Waals surface area contributed by atoms with Gasteiger partial charge in [-0.1, -0.05) is 17.7 Å². The van der Waals surface area contributed by atoms with Gasteiger partial charge in [0.1, 0.15) is 28.7 Å². The lowest BCUT2D eigenvalue weighted by Gasteiger charge is -2.06. The molecular weight excluding hydrogens is 380 g/mol. The Kier molecular flexibility index (Phi) is 4.75. The van der Waals surface area contributed by atoms with Crippen LogP contribution in [0.5, 0.6) is 11.5 Å². The molecule has 7 nitrogen and oxygen atoms in total. The smallest absolute Gasteiger partial charge is 0.256 e. The highest BCUT2D eigenvalue weighted by Crippen LogP contribution is 2.27. The van der Waals surface area contributed by atoms with E-state index in [0.717, 1.165) is 16.6 Å². The molecule has 8 heteroatoms. The molecule has 0 saturated carbocycles. The number of H-pyrrole nitrogens is 1. The summed E-state index contributed by atoms with van der Waals surface area (Å²) >= 11 is 6.09. The number of aromatic amines is 1. The zero-order chi connectivity index (χ0) is 19.7. The van der Waals surface area contributed by atoms with Gasteiger partial charge < -0.3 is 19.8 Å². The lowest BCUT2D eigenvalue weighted by atomic mass is 10.2. The first-order valence-corrected chi connectivity index (χ1v) is 8.90. The fourth-order valence-corrected chi connectivity index (χ4v) is 3.22. The van der Waals surface area contributed by atoms with E-state index in [1.807, 2.05) is 18.2 Å². The SMILES string of the molecule is COc1ccc(C(=O)NC2=NCC(c3nc4c(OC)cccc4[nH]3)=C2)cc1Cl. The second-order valence-corrected chi connectivity index (χ2v) is 6.52. The second-order valence-electron chi connectivity index (χ2n) is 6.12. The number of imidazole rings is 1. The molecule has 4 rings (SSSR count). The van der Waals surface area contributed by atoms with Crippen LogP contribution in [0.25, 0.3) is 16.6 Å². The molecule has 0 bridgehead atoms. The number of aliphatic imine (C=N–C) groups is 1. The Bertz CT molecular complexity index is 1130. The summed E-state index contributed by atoms with van der Waals surface area (Å²) in [5, 5.41) is 3.16. The number of methoxy groups -OCH3 is 2. The Labute approximate surface area is 166 Å². The average Bonchev–Trinajstić information content (AvgIpc) is 3.34. The van der Waals surface area contributed by atoms with Crippen molar-refractivity contribution in [3.8, 4) is 11.5 Å². The number of nitrogens with zero attached hydrogens (tertiary/aromatic N) is 2. The van der Waals surface area contributed by atoms with Gasteiger partial charge in [-0.15, -0.1) is 0 Å². The summed E-state index contributed by atoms with van der Waals surface area (Å²) in [5.74, 6) is 2.08. The van der Waals surface area contributed by atoms with E-state index in [0.29, 0.717) is 40.3 Å². The molecule has 2 heterocycles. The van der Waals surface area contributed by atoms with Gasteiger partial charge in [0.15, 0.2) is 0 Å². The lowest BCUT2D eigenvalue weighted by molar-refractivity contribution is 0.0977. The van der Waals surface area contributed by atoms with Crippen molar-refractivity contribution >= 4 is 40.0 Å². The predicted molar refractivity (Wildman–Crippen MR) is 108 cm³/mol. The third-order valence-corrected chi connectivity index (χ3v) is 4.68. The van der Waals surface area contributed by atoms with Crippen LogP contribution in [0.2, 0.25) is 5.02 Å². The first-order chi connectivity index (χ1) is 13.6. The van der Waals surface area contributed by atoms with Crippen molar-refractivity contribution in [2.24, 2.45) is 4.99 Å². The molecular formula is C20H17ClN4O3. The molecule has 0 saturated heterocycles. The number of aromatic nitrogens is 2. The number of benzene rings is 2. The van der Waals surface area contributed by atoms with Crippen LogP contribution in [0.3, 0.4) is 0 Å². The highest BCUT2D eigenvalue weighted by atomic mass is 35.5. The molecule has 2 N–H and O–H groups in total. The number of fused-ring (bicyclic) bond motifs is 1. The average molecular weight is 397 g/mol. The van der Waals surface area contributed by atoms with Crippen molar-refractivity contribution in [1.82, 2.24) is 15.3 Å². The molecule has 0 spiro atoms. The minimum Gasteiger partial charge on any atom is -0.495 e. The van der Waals surface area contributed by atoms with Gasteiger partial charge in [0.05, 0.1) is 31.3 Å². The number of carbonyl (C=O) groups is 1. The Morgan fingerprint density at radius 3 is 2.75 bits per heavy atom. The maximum atomic E-state index is 12.5. The van der Waals surface area contributed by atoms with Gasteiger partial charge in [0, 0.05) is 11.1 Å². The molecule has 2 aromatic carbocycles. The maximum absolute atomic E-state index is 12.5. The van der Waals surface area contributed by atoms with Gasteiger partial charge in [-0.2, -0.15) is 0 Å². The van der Waals surface area contributed by atoms with Crippen LogP contribution in [0.1, 0.15) is 16.2 Å². The number of hydrogen-bond acceptors (Lipinski definition) is 5. The van der Waals surface area contributed by atoms with E-state index in [1.165, 1.54) is 7.11 Å². The van der Waals surface area contributed by atoms with Crippen LogP contribution < -0.4 is 14.8 Å². The summed E-state index contributed by atoms with van der Waals surface area (Å²) in [4.78, 5) is 24.7. The minimum atomic E-state index is -0.299. The Morgan fingerprint density at radius 1 is 1.18 bits per heavy atom. The number of rotatable bonds is 4.